The van der Waals surface area contributed by atoms with Crippen LogP contribution in [-0.4, -0.2) is 38.3 Å². The Morgan fingerprint density at radius 3 is 2.46 bits per heavy atom. The van der Waals surface area contributed by atoms with E-state index in [2.05, 4.69) is 5.32 Å². The summed E-state index contributed by atoms with van der Waals surface area (Å²) in [4.78, 5) is 12.3. The van der Waals surface area contributed by atoms with Gasteiger partial charge in [0.25, 0.3) is 5.91 Å². The number of hydrogen-bond acceptors (Lipinski definition) is 3. The van der Waals surface area contributed by atoms with Crippen LogP contribution in [0.1, 0.15) is 48.9 Å². The smallest absolute Gasteiger partial charge is 0.251 e. The fourth-order valence-electron chi connectivity index (χ4n) is 2.92. The standard InChI is InChI=1S/C17H23ClN2O3S/c18-15-8-7-14(17(21)19-12-13-5-6-13)11-16(15)24(22,23)20-9-3-1-2-4-10-20/h7-8,11,13H,1-6,9-10,12H2,(H,19,21). The fourth-order valence-corrected chi connectivity index (χ4v) is 4.94. The van der Waals surface area contributed by atoms with Gasteiger partial charge in [-0.1, -0.05) is 24.4 Å². The molecule has 1 aliphatic heterocycles. The van der Waals surface area contributed by atoms with Crippen LogP contribution < -0.4 is 5.32 Å². The first-order valence-electron chi connectivity index (χ1n) is 8.56. The summed E-state index contributed by atoms with van der Waals surface area (Å²) in [6.07, 6.45) is 6.11. The molecule has 1 amide bonds. The SMILES string of the molecule is O=C(NCC1CC1)c1ccc(Cl)c(S(=O)(=O)N2CCCCCC2)c1. The summed E-state index contributed by atoms with van der Waals surface area (Å²) in [6, 6.07) is 4.48. The maximum Gasteiger partial charge on any atom is 0.251 e. The first kappa shape index (κ1) is 17.7. The highest BCUT2D eigenvalue weighted by Gasteiger charge is 2.28. The molecule has 2 aliphatic rings. The van der Waals surface area contributed by atoms with Crippen molar-refractivity contribution >= 4 is 27.5 Å². The minimum atomic E-state index is -3.67. The predicted octanol–water partition coefficient (Wildman–Crippen LogP) is 3.04. The van der Waals surface area contributed by atoms with Crippen molar-refractivity contribution in [2.75, 3.05) is 19.6 Å². The van der Waals surface area contributed by atoms with Gasteiger partial charge in [0.05, 0.1) is 5.02 Å². The van der Waals surface area contributed by atoms with Crippen LogP contribution >= 0.6 is 11.6 Å². The third kappa shape index (κ3) is 4.10. The number of nitrogens with zero attached hydrogens (tertiary/aromatic N) is 1. The van der Waals surface area contributed by atoms with E-state index in [4.69, 9.17) is 11.6 Å². The van der Waals surface area contributed by atoms with Gasteiger partial charge in [-0.05, 0) is 49.8 Å². The Hall–Kier alpha value is -1.11. The second-order valence-electron chi connectivity index (χ2n) is 6.62. The molecule has 0 bridgehead atoms. The number of benzene rings is 1. The average molecular weight is 371 g/mol. The van der Waals surface area contributed by atoms with Crippen LogP contribution in [0.2, 0.25) is 5.02 Å². The highest BCUT2D eigenvalue weighted by Crippen LogP contribution is 2.29. The number of amides is 1. The zero-order valence-corrected chi connectivity index (χ0v) is 15.2. The van der Waals surface area contributed by atoms with Gasteiger partial charge in [-0.25, -0.2) is 8.42 Å². The number of carbonyl (C=O) groups is 1. The van der Waals surface area contributed by atoms with E-state index < -0.39 is 10.0 Å². The van der Waals surface area contributed by atoms with Crippen molar-refractivity contribution < 1.29 is 13.2 Å². The summed E-state index contributed by atoms with van der Waals surface area (Å²) in [5.74, 6) is 0.326. The third-order valence-corrected chi connectivity index (χ3v) is 7.00. The molecule has 1 saturated carbocycles. The van der Waals surface area contributed by atoms with E-state index in [0.717, 1.165) is 38.5 Å². The van der Waals surface area contributed by atoms with Crippen molar-refractivity contribution in [3.63, 3.8) is 0 Å². The molecule has 132 valence electrons. The van der Waals surface area contributed by atoms with Gasteiger partial charge in [0.15, 0.2) is 0 Å². The zero-order valence-electron chi connectivity index (χ0n) is 13.6. The number of sulfonamides is 1. The summed E-state index contributed by atoms with van der Waals surface area (Å²) in [5.41, 5.74) is 0.341. The molecule has 1 heterocycles. The Labute approximate surface area is 148 Å². The van der Waals surface area contributed by atoms with Gasteiger partial charge >= 0.3 is 0 Å². The van der Waals surface area contributed by atoms with E-state index in [9.17, 15) is 13.2 Å². The van der Waals surface area contributed by atoms with Crippen molar-refractivity contribution in [3.05, 3.63) is 28.8 Å². The van der Waals surface area contributed by atoms with Crippen LogP contribution in [0, 0.1) is 5.92 Å². The van der Waals surface area contributed by atoms with Crippen LogP contribution in [-0.2, 0) is 10.0 Å². The molecule has 0 atom stereocenters. The number of nitrogens with one attached hydrogen (secondary N) is 1. The normalized spacial score (nSPS) is 19.7. The van der Waals surface area contributed by atoms with Gasteiger partial charge in [-0.3, -0.25) is 4.79 Å². The molecule has 0 spiro atoms. The Bertz CT molecular complexity index is 709. The molecule has 0 unspecified atom stereocenters. The molecule has 1 aliphatic carbocycles. The Morgan fingerprint density at radius 1 is 1.17 bits per heavy atom. The summed E-state index contributed by atoms with van der Waals surface area (Å²) >= 11 is 6.15. The topological polar surface area (TPSA) is 66.5 Å². The van der Waals surface area contributed by atoms with Crippen LogP contribution in [0.15, 0.2) is 23.1 Å². The lowest BCUT2D eigenvalue weighted by Crippen LogP contribution is -2.32. The van der Waals surface area contributed by atoms with Crippen LogP contribution in [0.4, 0.5) is 0 Å². The minimum Gasteiger partial charge on any atom is -0.352 e. The van der Waals surface area contributed by atoms with Crippen molar-refractivity contribution in [1.82, 2.24) is 9.62 Å². The molecule has 3 rings (SSSR count). The summed E-state index contributed by atoms with van der Waals surface area (Å²) in [5, 5.41) is 3.02. The summed E-state index contributed by atoms with van der Waals surface area (Å²) in [6.45, 7) is 1.67. The van der Waals surface area contributed by atoms with Gasteiger partial charge in [-0.15, -0.1) is 0 Å². The van der Waals surface area contributed by atoms with Gasteiger partial charge in [-0.2, -0.15) is 4.31 Å². The summed E-state index contributed by atoms with van der Waals surface area (Å²) < 4.78 is 27.3. The quantitative estimate of drug-likeness (QED) is 0.866. The van der Waals surface area contributed by atoms with Crippen molar-refractivity contribution in [1.29, 1.82) is 0 Å². The molecule has 1 aromatic rings. The second-order valence-corrected chi connectivity index (χ2v) is 8.93. The van der Waals surface area contributed by atoms with E-state index in [-0.39, 0.29) is 15.8 Å². The first-order valence-corrected chi connectivity index (χ1v) is 10.4. The zero-order chi connectivity index (χ0) is 17.2. The number of hydrogen-bond donors (Lipinski definition) is 1. The monoisotopic (exact) mass is 370 g/mol. The van der Waals surface area contributed by atoms with Crippen molar-refractivity contribution in [3.8, 4) is 0 Å². The molecule has 1 N–H and O–H groups in total. The third-order valence-electron chi connectivity index (χ3n) is 4.62. The Balaban J connectivity index is 1.82. The van der Waals surface area contributed by atoms with Crippen molar-refractivity contribution in [2.24, 2.45) is 5.92 Å². The highest BCUT2D eigenvalue weighted by molar-refractivity contribution is 7.89. The van der Waals surface area contributed by atoms with Crippen LogP contribution in [0.3, 0.4) is 0 Å². The molecular formula is C17H23ClN2O3S. The first-order chi connectivity index (χ1) is 11.5. The van der Waals surface area contributed by atoms with Crippen LogP contribution in [0.25, 0.3) is 0 Å². The van der Waals surface area contributed by atoms with E-state index in [1.165, 1.54) is 16.4 Å². The highest BCUT2D eigenvalue weighted by atomic mass is 35.5. The Kier molecular flexibility index (Phi) is 5.47. The van der Waals surface area contributed by atoms with Gasteiger partial charge < -0.3 is 5.32 Å². The fraction of sp³-hybridized carbons (Fsp3) is 0.588. The minimum absolute atomic E-state index is 0.0325. The number of halogens is 1. The van der Waals surface area contributed by atoms with Gasteiger partial charge in [0.2, 0.25) is 10.0 Å². The lowest BCUT2D eigenvalue weighted by atomic mass is 10.2. The summed E-state index contributed by atoms with van der Waals surface area (Å²) in [7, 11) is -3.67. The van der Waals surface area contributed by atoms with Gasteiger partial charge in [0.1, 0.15) is 4.90 Å². The largest absolute Gasteiger partial charge is 0.352 e. The molecule has 0 aromatic heterocycles. The van der Waals surface area contributed by atoms with Crippen molar-refractivity contribution in [2.45, 2.75) is 43.4 Å². The predicted molar refractivity (Wildman–Crippen MR) is 93.7 cm³/mol. The van der Waals surface area contributed by atoms with Crippen LogP contribution in [0.5, 0.6) is 0 Å². The molecule has 0 radical (unpaired) electrons. The lowest BCUT2D eigenvalue weighted by Gasteiger charge is -2.21. The van der Waals surface area contributed by atoms with E-state index in [1.54, 1.807) is 6.07 Å². The number of carbonyl (C=O) groups excluding carboxylic acids is 1. The molecule has 5 nitrogen and oxygen atoms in total. The lowest BCUT2D eigenvalue weighted by molar-refractivity contribution is 0.0951. The number of rotatable bonds is 5. The molecule has 24 heavy (non-hydrogen) atoms. The molecule has 2 fully saturated rings. The molecular weight excluding hydrogens is 348 g/mol. The maximum absolute atomic E-state index is 12.9. The van der Waals surface area contributed by atoms with E-state index in [0.29, 0.717) is 31.1 Å². The Morgan fingerprint density at radius 2 is 1.83 bits per heavy atom. The molecule has 1 aromatic carbocycles. The maximum atomic E-state index is 12.9. The van der Waals surface area contributed by atoms with Gasteiger partial charge in [0, 0.05) is 25.2 Å². The molecule has 1 saturated heterocycles. The van der Waals surface area contributed by atoms with E-state index in [1.807, 2.05) is 0 Å². The van der Waals surface area contributed by atoms with E-state index >= 15 is 0 Å². The second kappa shape index (κ2) is 7.42. The average Bonchev–Trinajstić information content (AvgIpc) is 3.39. The molecule has 7 heteroatoms.